The highest BCUT2D eigenvalue weighted by molar-refractivity contribution is 7.13. The summed E-state index contributed by atoms with van der Waals surface area (Å²) in [5.41, 5.74) is 1.95. The number of thiophene rings is 1. The molecule has 1 aliphatic rings. The van der Waals surface area contributed by atoms with Gasteiger partial charge < -0.3 is 10.6 Å². The Labute approximate surface area is 148 Å². The normalized spacial score (nSPS) is 13.4. The maximum Gasteiger partial charge on any atom is 0.256 e. The molecule has 7 heteroatoms. The fraction of sp³-hybridized carbons (Fsp3) is 0.167. The molecule has 4 rings (SSSR count). The molecule has 3 N–H and O–H groups in total. The Hall–Kier alpha value is -2.93. The molecule has 6 nitrogen and oxygen atoms in total. The van der Waals surface area contributed by atoms with Crippen LogP contribution in [0.15, 0.2) is 47.8 Å². The highest BCUT2D eigenvalue weighted by Crippen LogP contribution is 2.30. The summed E-state index contributed by atoms with van der Waals surface area (Å²) < 4.78 is 0. The highest BCUT2D eigenvalue weighted by atomic mass is 32.1. The molecule has 0 atom stereocenters. The van der Waals surface area contributed by atoms with Crippen molar-refractivity contribution in [2.45, 2.75) is 12.8 Å². The van der Waals surface area contributed by atoms with Crippen LogP contribution in [0.1, 0.15) is 23.2 Å². The summed E-state index contributed by atoms with van der Waals surface area (Å²) in [6.07, 6.45) is 1.88. The molecule has 0 bridgehead atoms. The minimum Gasteiger partial charge on any atom is -0.326 e. The summed E-state index contributed by atoms with van der Waals surface area (Å²) in [5.74, 6) is 0.329. The number of rotatable bonds is 5. The smallest absolute Gasteiger partial charge is 0.256 e. The van der Waals surface area contributed by atoms with Gasteiger partial charge in [0.05, 0.1) is 10.6 Å². The summed E-state index contributed by atoms with van der Waals surface area (Å²) in [5, 5.41) is 14.6. The molecule has 2 heterocycles. The number of aromatic nitrogens is 2. The number of nitrogens with one attached hydrogen (secondary N) is 3. The minimum absolute atomic E-state index is 0.0189. The number of carbonyl (C=O) groups excluding carboxylic acids is 2. The SMILES string of the molecule is O=C(Nc1cc(-c2cccs2)[nH]n1)c1cccc(NC(=O)C2CC2)c1. The van der Waals surface area contributed by atoms with Crippen LogP contribution in [0.25, 0.3) is 10.6 Å². The van der Waals surface area contributed by atoms with E-state index in [2.05, 4.69) is 20.8 Å². The average Bonchev–Trinajstić information content (AvgIpc) is 3.13. The first kappa shape index (κ1) is 15.6. The molecule has 126 valence electrons. The maximum absolute atomic E-state index is 12.4. The molecule has 25 heavy (non-hydrogen) atoms. The molecule has 1 saturated carbocycles. The number of aromatic amines is 1. The summed E-state index contributed by atoms with van der Waals surface area (Å²) >= 11 is 1.60. The molecule has 2 amide bonds. The third-order valence-electron chi connectivity index (χ3n) is 3.95. The van der Waals surface area contributed by atoms with Gasteiger partial charge in [0.1, 0.15) is 0 Å². The molecular formula is C18H16N4O2S. The Kier molecular flexibility index (Phi) is 4.07. The van der Waals surface area contributed by atoms with Gasteiger partial charge in [0, 0.05) is 23.2 Å². The third kappa shape index (κ3) is 3.61. The topological polar surface area (TPSA) is 86.9 Å². The standard InChI is InChI=1S/C18H16N4O2S/c23-17(11-6-7-11)19-13-4-1-3-12(9-13)18(24)20-16-10-14(21-22-16)15-5-2-8-25-15/h1-5,8-11H,6-7H2,(H,19,23)(H2,20,21,22,24). The van der Waals surface area contributed by atoms with E-state index in [-0.39, 0.29) is 17.7 Å². The Morgan fingerprint density at radius 3 is 2.76 bits per heavy atom. The van der Waals surface area contributed by atoms with Crippen molar-refractivity contribution in [3.05, 3.63) is 53.4 Å². The Balaban J connectivity index is 1.45. The van der Waals surface area contributed by atoms with E-state index in [4.69, 9.17) is 0 Å². The number of nitrogens with zero attached hydrogens (tertiary/aromatic N) is 1. The number of carbonyl (C=O) groups is 2. The molecule has 0 radical (unpaired) electrons. The van der Waals surface area contributed by atoms with Crippen LogP contribution in [0.5, 0.6) is 0 Å². The van der Waals surface area contributed by atoms with Gasteiger partial charge >= 0.3 is 0 Å². The average molecular weight is 352 g/mol. The summed E-state index contributed by atoms with van der Waals surface area (Å²) in [4.78, 5) is 25.3. The lowest BCUT2D eigenvalue weighted by atomic mass is 10.2. The quantitative estimate of drug-likeness (QED) is 0.654. The van der Waals surface area contributed by atoms with Crippen LogP contribution in [-0.2, 0) is 4.79 Å². The molecule has 0 aliphatic heterocycles. The lowest BCUT2D eigenvalue weighted by Gasteiger charge is -2.06. The number of hydrogen-bond donors (Lipinski definition) is 3. The van der Waals surface area contributed by atoms with Crippen LogP contribution >= 0.6 is 11.3 Å². The van der Waals surface area contributed by atoms with Crippen LogP contribution in [0, 0.1) is 5.92 Å². The predicted molar refractivity (Wildman–Crippen MR) is 97.6 cm³/mol. The van der Waals surface area contributed by atoms with Crippen molar-refractivity contribution in [1.82, 2.24) is 10.2 Å². The fourth-order valence-corrected chi connectivity index (χ4v) is 3.15. The van der Waals surface area contributed by atoms with Crippen molar-refractivity contribution in [2.24, 2.45) is 5.92 Å². The van der Waals surface area contributed by atoms with Crippen molar-refractivity contribution in [2.75, 3.05) is 10.6 Å². The summed E-state index contributed by atoms with van der Waals surface area (Å²) in [7, 11) is 0. The van der Waals surface area contributed by atoms with E-state index in [0.717, 1.165) is 23.4 Å². The van der Waals surface area contributed by atoms with Crippen molar-refractivity contribution < 1.29 is 9.59 Å². The van der Waals surface area contributed by atoms with E-state index in [1.165, 1.54) is 0 Å². The van der Waals surface area contributed by atoms with E-state index in [9.17, 15) is 9.59 Å². The molecule has 0 spiro atoms. The third-order valence-corrected chi connectivity index (χ3v) is 4.85. The zero-order valence-corrected chi connectivity index (χ0v) is 14.1. The van der Waals surface area contributed by atoms with E-state index in [1.54, 1.807) is 41.7 Å². The first-order valence-corrected chi connectivity index (χ1v) is 8.88. The van der Waals surface area contributed by atoms with Crippen molar-refractivity contribution >= 4 is 34.7 Å². The van der Waals surface area contributed by atoms with Gasteiger partial charge in [-0.3, -0.25) is 14.7 Å². The largest absolute Gasteiger partial charge is 0.326 e. The van der Waals surface area contributed by atoms with Crippen LogP contribution in [0.2, 0.25) is 0 Å². The second kappa shape index (κ2) is 6.52. The van der Waals surface area contributed by atoms with Gasteiger partial charge in [0.15, 0.2) is 5.82 Å². The van der Waals surface area contributed by atoms with Gasteiger partial charge in [-0.2, -0.15) is 5.10 Å². The number of H-pyrrole nitrogens is 1. The van der Waals surface area contributed by atoms with Crippen LogP contribution < -0.4 is 10.6 Å². The molecule has 0 unspecified atom stereocenters. The summed E-state index contributed by atoms with van der Waals surface area (Å²) in [6, 6.07) is 12.6. The highest BCUT2D eigenvalue weighted by Gasteiger charge is 2.29. The number of amides is 2. The van der Waals surface area contributed by atoms with E-state index in [1.807, 2.05) is 17.5 Å². The molecule has 3 aromatic rings. The molecule has 1 aromatic carbocycles. The monoisotopic (exact) mass is 352 g/mol. The molecule has 0 saturated heterocycles. The molecule has 2 aromatic heterocycles. The summed E-state index contributed by atoms with van der Waals surface area (Å²) in [6.45, 7) is 0. The van der Waals surface area contributed by atoms with Gasteiger partial charge in [0.25, 0.3) is 5.91 Å². The van der Waals surface area contributed by atoms with Gasteiger partial charge in [-0.15, -0.1) is 11.3 Å². The fourth-order valence-electron chi connectivity index (χ4n) is 2.46. The van der Waals surface area contributed by atoms with E-state index in [0.29, 0.717) is 17.1 Å². The molecule has 1 aliphatic carbocycles. The Morgan fingerprint density at radius 2 is 2.00 bits per heavy atom. The zero-order chi connectivity index (χ0) is 17.2. The van der Waals surface area contributed by atoms with Crippen LogP contribution in [0.3, 0.4) is 0 Å². The Morgan fingerprint density at radius 1 is 1.12 bits per heavy atom. The van der Waals surface area contributed by atoms with Gasteiger partial charge in [-0.05, 0) is 42.5 Å². The van der Waals surface area contributed by atoms with E-state index < -0.39 is 0 Å². The van der Waals surface area contributed by atoms with Crippen molar-refractivity contribution in [3.8, 4) is 10.6 Å². The number of hydrogen-bond acceptors (Lipinski definition) is 4. The lowest BCUT2D eigenvalue weighted by molar-refractivity contribution is -0.117. The molecule has 1 fully saturated rings. The number of benzene rings is 1. The van der Waals surface area contributed by atoms with Crippen LogP contribution in [0.4, 0.5) is 11.5 Å². The predicted octanol–water partition coefficient (Wildman–Crippen LogP) is 3.74. The van der Waals surface area contributed by atoms with Crippen molar-refractivity contribution in [3.63, 3.8) is 0 Å². The second-order valence-electron chi connectivity index (χ2n) is 5.94. The van der Waals surface area contributed by atoms with Crippen LogP contribution in [-0.4, -0.2) is 22.0 Å². The lowest BCUT2D eigenvalue weighted by Crippen LogP contribution is -2.15. The first-order chi connectivity index (χ1) is 12.2. The Bertz CT molecular complexity index is 913. The minimum atomic E-state index is -0.272. The maximum atomic E-state index is 12.4. The second-order valence-corrected chi connectivity index (χ2v) is 6.89. The van der Waals surface area contributed by atoms with Gasteiger partial charge in [0.2, 0.25) is 5.91 Å². The number of anilines is 2. The zero-order valence-electron chi connectivity index (χ0n) is 13.3. The van der Waals surface area contributed by atoms with Gasteiger partial charge in [-0.25, -0.2) is 0 Å². The first-order valence-electron chi connectivity index (χ1n) is 8.00. The molecular weight excluding hydrogens is 336 g/mol. The van der Waals surface area contributed by atoms with Crippen molar-refractivity contribution in [1.29, 1.82) is 0 Å². The van der Waals surface area contributed by atoms with E-state index >= 15 is 0 Å². The van der Waals surface area contributed by atoms with Gasteiger partial charge in [-0.1, -0.05) is 12.1 Å².